The van der Waals surface area contributed by atoms with Crippen molar-refractivity contribution >= 4 is 17.9 Å². The highest BCUT2D eigenvalue weighted by Crippen LogP contribution is 2.23. The molecule has 1 rings (SSSR count). The SMILES string of the molecule is CCCC/C=C\CCCCCCCC(=O)OC(COC(=O)CCCCCCC/C=C\CCCCCCC)COC1OC(C(=O)O)C(O)C(O)C1O. The number of carbonyl (C=O) groups is 3. The maximum absolute atomic E-state index is 12.7. The van der Waals surface area contributed by atoms with E-state index in [4.69, 9.17) is 18.9 Å². The number of ether oxygens (including phenoxy) is 4. The topological polar surface area (TPSA) is 169 Å². The predicted molar refractivity (Wildman–Crippen MR) is 197 cm³/mol. The van der Waals surface area contributed by atoms with Crippen LogP contribution < -0.4 is 0 Å². The van der Waals surface area contributed by atoms with E-state index in [1.165, 1.54) is 44.9 Å². The third-order valence-corrected chi connectivity index (χ3v) is 9.02. The minimum Gasteiger partial charge on any atom is -0.479 e. The average molecular weight is 727 g/mol. The Labute approximate surface area is 307 Å². The molecule has 0 saturated carbocycles. The number of hydrogen-bond acceptors (Lipinski definition) is 10. The summed E-state index contributed by atoms with van der Waals surface area (Å²) in [7, 11) is 0. The van der Waals surface area contributed by atoms with Gasteiger partial charge >= 0.3 is 17.9 Å². The normalized spacial score (nSPS) is 21.3. The molecule has 0 aliphatic carbocycles. The summed E-state index contributed by atoms with van der Waals surface area (Å²) in [6.07, 6.45) is 22.4. The van der Waals surface area contributed by atoms with Crippen molar-refractivity contribution in [3.05, 3.63) is 24.3 Å². The number of hydrogen-bond donors (Lipinski definition) is 4. The Bertz CT molecular complexity index is 953. The Morgan fingerprint density at radius 1 is 0.588 bits per heavy atom. The van der Waals surface area contributed by atoms with E-state index in [9.17, 15) is 34.8 Å². The predicted octanol–water partition coefficient (Wildman–Crippen LogP) is 7.47. The van der Waals surface area contributed by atoms with Gasteiger partial charge in [-0.2, -0.15) is 0 Å². The Hall–Kier alpha value is -2.31. The molecule has 0 aromatic carbocycles. The second-order valence-electron chi connectivity index (χ2n) is 13.8. The van der Waals surface area contributed by atoms with Crippen LogP contribution in [0.15, 0.2) is 24.3 Å². The number of aliphatic carboxylic acids is 1. The van der Waals surface area contributed by atoms with Gasteiger partial charge in [0.2, 0.25) is 0 Å². The number of carboxylic acids is 1. The molecule has 1 aliphatic heterocycles. The Morgan fingerprint density at radius 2 is 1.06 bits per heavy atom. The molecule has 11 nitrogen and oxygen atoms in total. The number of allylic oxidation sites excluding steroid dienone is 4. The van der Waals surface area contributed by atoms with E-state index >= 15 is 0 Å². The number of rotatable bonds is 32. The van der Waals surface area contributed by atoms with Crippen LogP contribution in [0.1, 0.15) is 162 Å². The number of carboxylic acid groups (broad SMARTS) is 1. The molecule has 0 aromatic rings. The summed E-state index contributed by atoms with van der Waals surface area (Å²) in [5.41, 5.74) is 0. The molecule has 6 atom stereocenters. The van der Waals surface area contributed by atoms with E-state index in [1.54, 1.807) is 0 Å². The van der Waals surface area contributed by atoms with Gasteiger partial charge in [0, 0.05) is 12.8 Å². The summed E-state index contributed by atoms with van der Waals surface area (Å²) < 4.78 is 21.6. The van der Waals surface area contributed by atoms with E-state index in [0.717, 1.165) is 77.0 Å². The first-order valence-corrected chi connectivity index (χ1v) is 19.9. The largest absolute Gasteiger partial charge is 0.479 e. The van der Waals surface area contributed by atoms with Crippen molar-refractivity contribution in [2.45, 2.75) is 198 Å². The molecule has 1 aliphatic rings. The summed E-state index contributed by atoms with van der Waals surface area (Å²) in [4.78, 5) is 36.6. The van der Waals surface area contributed by atoms with Crippen molar-refractivity contribution in [1.29, 1.82) is 0 Å². The third-order valence-electron chi connectivity index (χ3n) is 9.02. The van der Waals surface area contributed by atoms with Gasteiger partial charge in [0.1, 0.15) is 24.9 Å². The van der Waals surface area contributed by atoms with Gasteiger partial charge in [-0.25, -0.2) is 4.79 Å². The van der Waals surface area contributed by atoms with Crippen molar-refractivity contribution in [2.75, 3.05) is 13.2 Å². The standard InChI is InChI=1S/C40H70O11/c1-3-5-7-9-11-13-15-16-17-19-20-22-24-26-28-33(41)48-30-32(31-49-40-37(45)35(43)36(44)38(51-40)39(46)47)50-34(42)29-27-25-23-21-18-14-12-10-8-6-4-2/h10,12,15-16,32,35-38,40,43-45H,3-9,11,13-14,17-31H2,1-2H3,(H,46,47)/b12-10-,16-15-. The smallest absolute Gasteiger partial charge is 0.335 e. The lowest BCUT2D eigenvalue weighted by molar-refractivity contribution is -0.298. The fraction of sp³-hybridized carbons (Fsp3) is 0.825. The van der Waals surface area contributed by atoms with Crippen LogP contribution in [-0.4, -0.2) is 88.4 Å². The highest BCUT2D eigenvalue weighted by molar-refractivity contribution is 5.73. The fourth-order valence-electron chi connectivity index (χ4n) is 5.79. The molecule has 1 fully saturated rings. The van der Waals surface area contributed by atoms with Crippen LogP contribution in [0.4, 0.5) is 0 Å². The number of unbranched alkanes of at least 4 members (excludes halogenated alkanes) is 17. The first-order chi connectivity index (χ1) is 24.7. The summed E-state index contributed by atoms with van der Waals surface area (Å²) >= 11 is 0. The lowest BCUT2D eigenvalue weighted by Gasteiger charge is -2.38. The first-order valence-electron chi connectivity index (χ1n) is 19.9. The molecular weight excluding hydrogens is 656 g/mol. The van der Waals surface area contributed by atoms with E-state index < -0.39 is 61.3 Å². The van der Waals surface area contributed by atoms with Crippen LogP contribution in [0.2, 0.25) is 0 Å². The molecular formula is C40H70O11. The van der Waals surface area contributed by atoms with Gasteiger partial charge in [-0.3, -0.25) is 9.59 Å². The van der Waals surface area contributed by atoms with Crippen LogP contribution >= 0.6 is 0 Å². The molecule has 11 heteroatoms. The molecule has 51 heavy (non-hydrogen) atoms. The van der Waals surface area contributed by atoms with Crippen molar-refractivity contribution in [3.8, 4) is 0 Å². The first kappa shape index (κ1) is 46.7. The van der Waals surface area contributed by atoms with E-state index in [-0.39, 0.29) is 19.4 Å². The maximum Gasteiger partial charge on any atom is 0.335 e. The third kappa shape index (κ3) is 23.8. The van der Waals surface area contributed by atoms with Gasteiger partial charge < -0.3 is 39.4 Å². The minimum atomic E-state index is -1.86. The maximum atomic E-state index is 12.7. The molecule has 0 bridgehead atoms. The zero-order chi connectivity index (χ0) is 37.5. The van der Waals surface area contributed by atoms with Crippen molar-refractivity contribution in [1.82, 2.24) is 0 Å². The molecule has 296 valence electrons. The summed E-state index contributed by atoms with van der Waals surface area (Å²) in [6.45, 7) is 3.72. The highest BCUT2D eigenvalue weighted by atomic mass is 16.7. The molecule has 0 spiro atoms. The van der Waals surface area contributed by atoms with Crippen molar-refractivity contribution in [2.24, 2.45) is 0 Å². The Kier molecular flexibility index (Phi) is 28.6. The second kappa shape index (κ2) is 31.2. The molecule has 4 N–H and O–H groups in total. The molecule has 1 heterocycles. The van der Waals surface area contributed by atoms with Gasteiger partial charge in [0.15, 0.2) is 18.5 Å². The lowest BCUT2D eigenvalue weighted by Crippen LogP contribution is -2.60. The van der Waals surface area contributed by atoms with Crippen LogP contribution in [-0.2, 0) is 33.3 Å². The van der Waals surface area contributed by atoms with E-state index in [2.05, 4.69) is 38.2 Å². The zero-order valence-corrected chi connectivity index (χ0v) is 31.6. The monoisotopic (exact) mass is 726 g/mol. The second-order valence-corrected chi connectivity index (χ2v) is 13.8. The van der Waals surface area contributed by atoms with Crippen molar-refractivity contribution in [3.63, 3.8) is 0 Å². The molecule has 6 unspecified atom stereocenters. The zero-order valence-electron chi connectivity index (χ0n) is 31.6. The average Bonchev–Trinajstić information content (AvgIpc) is 3.11. The Balaban J connectivity index is 2.44. The molecule has 0 amide bonds. The fourth-order valence-corrected chi connectivity index (χ4v) is 5.79. The highest BCUT2D eigenvalue weighted by Gasteiger charge is 2.47. The van der Waals surface area contributed by atoms with Gasteiger partial charge in [-0.1, -0.05) is 115 Å². The number of aliphatic hydroxyl groups is 3. The van der Waals surface area contributed by atoms with Crippen LogP contribution in [0.25, 0.3) is 0 Å². The summed E-state index contributed by atoms with van der Waals surface area (Å²) in [5, 5.41) is 39.6. The van der Waals surface area contributed by atoms with Crippen LogP contribution in [0.5, 0.6) is 0 Å². The van der Waals surface area contributed by atoms with Crippen molar-refractivity contribution < 1.29 is 53.8 Å². The van der Waals surface area contributed by atoms with Gasteiger partial charge in [-0.05, 0) is 57.8 Å². The van der Waals surface area contributed by atoms with E-state index in [0.29, 0.717) is 12.8 Å². The van der Waals surface area contributed by atoms with E-state index in [1.807, 2.05) is 0 Å². The summed E-state index contributed by atoms with van der Waals surface area (Å²) in [5.74, 6) is -2.47. The molecule has 0 aromatic heterocycles. The molecule has 0 radical (unpaired) electrons. The van der Waals surface area contributed by atoms with Crippen LogP contribution in [0, 0.1) is 0 Å². The minimum absolute atomic E-state index is 0.171. The summed E-state index contributed by atoms with van der Waals surface area (Å²) in [6, 6.07) is 0. The molecule has 1 saturated heterocycles. The van der Waals surface area contributed by atoms with Gasteiger partial charge in [0.25, 0.3) is 0 Å². The number of esters is 2. The van der Waals surface area contributed by atoms with Gasteiger partial charge in [0.05, 0.1) is 6.61 Å². The number of aliphatic hydroxyl groups excluding tert-OH is 3. The van der Waals surface area contributed by atoms with Gasteiger partial charge in [-0.15, -0.1) is 0 Å². The quantitative estimate of drug-likeness (QED) is 0.0308. The number of carbonyl (C=O) groups excluding carboxylic acids is 2. The Morgan fingerprint density at radius 3 is 1.59 bits per heavy atom. The van der Waals surface area contributed by atoms with Crippen LogP contribution in [0.3, 0.4) is 0 Å². The lowest BCUT2D eigenvalue weighted by atomic mass is 9.99.